The number of amidine groups is 2. The Kier molecular flexibility index (Phi) is 6.69. The van der Waals surface area contributed by atoms with Crippen LogP contribution in [0.2, 0.25) is 0 Å². The molecular formula is C25H27N5OS. The number of hydrogen-bond acceptors (Lipinski definition) is 5. The molecule has 0 bridgehead atoms. The van der Waals surface area contributed by atoms with Gasteiger partial charge in [-0.05, 0) is 49.4 Å². The fourth-order valence-corrected chi connectivity index (χ4v) is 4.75. The second-order valence-electron chi connectivity index (χ2n) is 7.99. The molecule has 0 saturated carbocycles. The molecule has 7 heteroatoms. The zero-order valence-electron chi connectivity index (χ0n) is 18.0. The monoisotopic (exact) mass is 445 g/mol. The minimum absolute atomic E-state index is 0.137. The van der Waals surface area contributed by atoms with Gasteiger partial charge in [0, 0.05) is 47.1 Å². The van der Waals surface area contributed by atoms with Crippen LogP contribution in [0.3, 0.4) is 0 Å². The van der Waals surface area contributed by atoms with E-state index in [2.05, 4.69) is 21.2 Å². The molecule has 0 aliphatic carbocycles. The maximum Gasteiger partial charge on any atom is 0.154 e. The number of hydrogen-bond donors (Lipinski definition) is 3. The van der Waals surface area contributed by atoms with Crippen molar-refractivity contribution in [2.45, 2.75) is 30.3 Å². The van der Waals surface area contributed by atoms with Gasteiger partial charge in [-0.2, -0.15) is 0 Å². The lowest BCUT2D eigenvalue weighted by atomic mass is 9.86. The highest BCUT2D eigenvalue weighted by Gasteiger charge is 2.34. The quantitative estimate of drug-likeness (QED) is 0.312. The maximum absolute atomic E-state index is 11.0. The first-order valence-corrected chi connectivity index (χ1v) is 11.4. The minimum Gasteiger partial charge on any atom is -0.385 e. The molecule has 0 atom stereocenters. The Morgan fingerprint density at radius 3 is 2.53 bits per heavy atom. The van der Waals surface area contributed by atoms with Crippen molar-refractivity contribution < 1.29 is 5.11 Å². The van der Waals surface area contributed by atoms with Gasteiger partial charge in [0.15, 0.2) is 5.84 Å². The zero-order chi connectivity index (χ0) is 22.6. The Balaban J connectivity index is 1.44. The van der Waals surface area contributed by atoms with Crippen molar-refractivity contribution in [1.29, 1.82) is 5.41 Å². The van der Waals surface area contributed by atoms with E-state index in [0.717, 1.165) is 40.2 Å². The van der Waals surface area contributed by atoms with Crippen LogP contribution < -0.4 is 5.73 Å². The van der Waals surface area contributed by atoms with E-state index >= 15 is 0 Å². The van der Waals surface area contributed by atoms with Crippen LogP contribution in [0.25, 0.3) is 0 Å². The summed E-state index contributed by atoms with van der Waals surface area (Å²) in [6.45, 7) is 3.58. The minimum atomic E-state index is -0.825. The molecule has 6 nitrogen and oxygen atoms in total. The molecular weight excluding hydrogens is 418 g/mol. The molecule has 164 valence electrons. The summed E-state index contributed by atoms with van der Waals surface area (Å²) in [6.07, 6.45) is 4.78. The van der Waals surface area contributed by atoms with Gasteiger partial charge in [0.2, 0.25) is 0 Å². The van der Waals surface area contributed by atoms with Gasteiger partial charge in [0.05, 0.1) is 5.60 Å². The van der Waals surface area contributed by atoms with Crippen LogP contribution in [-0.4, -0.2) is 39.2 Å². The van der Waals surface area contributed by atoms with Crippen LogP contribution in [0, 0.1) is 12.3 Å². The third-order valence-electron chi connectivity index (χ3n) is 5.74. The smallest absolute Gasteiger partial charge is 0.154 e. The number of aryl methyl sites for hydroxylation is 1. The number of aliphatic hydroxyl groups is 1. The van der Waals surface area contributed by atoms with E-state index in [1.807, 2.05) is 60.7 Å². The first-order valence-electron chi connectivity index (χ1n) is 10.6. The molecule has 1 aliphatic rings. The molecule has 1 aliphatic heterocycles. The van der Waals surface area contributed by atoms with Crippen molar-refractivity contribution in [3.8, 4) is 0 Å². The largest absolute Gasteiger partial charge is 0.385 e. The molecule has 1 aromatic heterocycles. The van der Waals surface area contributed by atoms with Crippen LogP contribution in [0.4, 0.5) is 0 Å². The SMILES string of the molecule is Cc1ccc(C(=N)N=C(N)c2ccccc2)cc1SN1CCC(O)(c2cccnc2)CC1. The summed E-state index contributed by atoms with van der Waals surface area (Å²) in [5.41, 5.74) is 8.81. The highest BCUT2D eigenvalue weighted by Crippen LogP contribution is 2.37. The molecule has 32 heavy (non-hydrogen) atoms. The molecule has 1 fully saturated rings. The molecule has 0 spiro atoms. The standard InChI is InChI=1S/C25H27N5OS/c1-18-9-10-20(24(27)29-23(26)19-6-3-2-4-7-19)16-22(18)32-30-14-11-25(31,12-15-30)21-8-5-13-28-17-21/h2-10,13,16-17,31H,11-12,14-15H2,1H3,(H3,26,27,29). The highest BCUT2D eigenvalue weighted by atomic mass is 32.2. The predicted molar refractivity (Wildman–Crippen MR) is 130 cm³/mol. The van der Waals surface area contributed by atoms with E-state index < -0.39 is 5.60 Å². The summed E-state index contributed by atoms with van der Waals surface area (Å²) in [6, 6.07) is 19.2. The fraction of sp³-hybridized carbons (Fsp3) is 0.240. The van der Waals surface area contributed by atoms with Gasteiger partial charge >= 0.3 is 0 Å². The topological polar surface area (TPSA) is 98.6 Å². The van der Waals surface area contributed by atoms with E-state index in [4.69, 9.17) is 11.1 Å². The van der Waals surface area contributed by atoms with Crippen molar-refractivity contribution in [2.75, 3.05) is 13.1 Å². The summed E-state index contributed by atoms with van der Waals surface area (Å²) >= 11 is 1.66. The van der Waals surface area contributed by atoms with Crippen molar-refractivity contribution in [3.05, 3.63) is 95.3 Å². The third kappa shape index (κ3) is 5.07. The number of nitrogens with one attached hydrogen (secondary N) is 1. The predicted octanol–water partition coefficient (Wildman–Crippen LogP) is 4.11. The van der Waals surface area contributed by atoms with E-state index in [1.54, 1.807) is 24.3 Å². The summed E-state index contributed by atoms with van der Waals surface area (Å²) in [5, 5.41) is 19.5. The average Bonchev–Trinajstić information content (AvgIpc) is 2.83. The lowest BCUT2D eigenvalue weighted by Gasteiger charge is -2.37. The Labute approximate surface area is 192 Å². The van der Waals surface area contributed by atoms with Crippen molar-refractivity contribution >= 4 is 23.6 Å². The van der Waals surface area contributed by atoms with Gasteiger partial charge in [-0.15, -0.1) is 0 Å². The molecule has 0 amide bonds. The van der Waals surface area contributed by atoms with Crippen LogP contribution in [0.5, 0.6) is 0 Å². The van der Waals surface area contributed by atoms with Crippen molar-refractivity contribution in [2.24, 2.45) is 10.7 Å². The average molecular weight is 446 g/mol. The van der Waals surface area contributed by atoms with Crippen LogP contribution >= 0.6 is 11.9 Å². The van der Waals surface area contributed by atoms with Crippen molar-refractivity contribution in [1.82, 2.24) is 9.29 Å². The number of pyridine rings is 1. The Hall–Kier alpha value is -3.00. The van der Waals surface area contributed by atoms with Crippen LogP contribution in [0.15, 0.2) is 82.9 Å². The van der Waals surface area contributed by atoms with Crippen molar-refractivity contribution in [3.63, 3.8) is 0 Å². The Bertz CT molecular complexity index is 1110. The molecule has 4 N–H and O–H groups in total. The molecule has 0 unspecified atom stereocenters. The summed E-state index contributed by atoms with van der Waals surface area (Å²) in [7, 11) is 0. The Morgan fingerprint density at radius 2 is 1.84 bits per heavy atom. The molecule has 0 radical (unpaired) electrons. The number of rotatable bonds is 5. The second-order valence-corrected chi connectivity index (χ2v) is 9.12. The van der Waals surface area contributed by atoms with Gasteiger partial charge in [0.25, 0.3) is 0 Å². The number of benzene rings is 2. The van der Waals surface area contributed by atoms with E-state index in [0.29, 0.717) is 18.7 Å². The van der Waals surface area contributed by atoms with Gasteiger partial charge in [-0.3, -0.25) is 10.4 Å². The molecule has 1 saturated heterocycles. The molecule has 4 rings (SSSR count). The number of aliphatic imine (C=N–C) groups is 1. The lowest BCUT2D eigenvalue weighted by Crippen LogP contribution is -2.39. The molecule has 2 heterocycles. The lowest BCUT2D eigenvalue weighted by molar-refractivity contribution is -0.00832. The molecule has 2 aromatic carbocycles. The van der Waals surface area contributed by atoms with Gasteiger partial charge in [-0.25, -0.2) is 9.30 Å². The van der Waals surface area contributed by atoms with Gasteiger partial charge in [-0.1, -0.05) is 48.5 Å². The van der Waals surface area contributed by atoms with Gasteiger partial charge < -0.3 is 10.8 Å². The summed E-state index contributed by atoms with van der Waals surface area (Å²) < 4.78 is 2.27. The summed E-state index contributed by atoms with van der Waals surface area (Å²) in [4.78, 5) is 9.53. The van der Waals surface area contributed by atoms with Gasteiger partial charge in [0.1, 0.15) is 5.84 Å². The zero-order valence-corrected chi connectivity index (χ0v) is 18.8. The maximum atomic E-state index is 11.0. The number of nitrogens with two attached hydrogens (primary N) is 1. The number of aromatic nitrogens is 1. The highest BCUT2D eigenvalue weighted by molar-refractivity contribution is 7.97. The van der Waals surface area contributed by atoms with Crippen LogP contribution in [-0.2, 0) is 5.60 Å². The van der Waals surface area contributed by atoms with E-state index in [-0.39, 0.29) is 5.84 Å². The van der Waals surface area contributed by atoms with E-state index in [9.17, 15) is 5.11 Å². The number of nitrogens with zero attached hydrogens (tertiary/aromatic N) is 3. The number of piperidine rings is 1. The summed E-state index contributed by atoms with van der Waals surface area (Å²) in [5.74, 6) is 0.467. The Morgan fingerprint density at radius 1 is 1.09 bits per heavy atom. The third-order valence-corrected chi connectivity index (χ3v) is 7.00. The first kappa shape index (κ1) is 22.2. The van der Waals surface area contributed by atoms with E-state index in [1.165, 1.54) is 0 Å². The van der Waals surface area contributed by atoms with Crippen LogP contribution in [0.1, 0.15) is 35.1 Å². The normalized spacial score (nSPS) is 16.6. The molecule has 3 aromatic rings. The fourth-order valence-electron chi connectivity index (χ4n) is 3.72. The first-order chi connectivity index (χ1) is 15.4. The second kappa shape index (κ2) is 9.65.